The summed E-state index contributed by atoms with van der Waals surface area (Å²) >= 11 is 0. The zero-order valence-electron chi connectivity index (χ0n) is 23.1. The second-order valence-electron chi connectivity index (χ2n) is 9.90. The molecule has 0 unspecified atom stereocenters. The average molecular weight is 699 g/mol. The second-order valence-corrected chi connectivity index (χ2v) is 9.90. The molecule has 0 nitrogen and oxygen atoms in total. The molecular formula is C31H12BF16-. The van der Waals surface area contributed by atoms with E-state index in [1.54, 1.807) is 0 Å². The van der Waals surface area contributed by atoms with Gasteiger partial charge in [-0.15, -0.1) is 0 Å². The van der Waals surface area contributed by atoms with Crippen LogP contribution in [0.5, 0.6) is 0 Å². The molecule has 0 N–H and O–H groups in total. The van der Waals surface area contributed by atoms with E-state index in [4.69, 9.17) is 0 Å². The summed E-state index contributed by atoms with van der Waals surface area (Å²) in [6.07, 6.45) is 7.88. The van der Waals surface area contributed by atoms with Crippen molar-refractivity contribution in [2.75, 3.05) is 0 Å². The Balaban J connectivity index is 0.000000659. The highest BCUT2D eigenvalue weighted by molar-refractivity contribution is 7.20. The number of rotatable bonds is 4. The molecule has 5 rings (SSSR count). The smallest absolute Gasteiger partial charge is 0.197 e. The van der Waals surface area contributed by atoms with E-state index >= 15 is 17.6 Å². The molecule has 0 spiro atoms. The van der Waals surface area contributed by atoms with Gasteiger partial charge in [-0.25, -0.2) is 70.2 Å². The molecular weight excluding hydrogens is 687 g/mol. The van der Waals surface area contributed by atoms with Crippen molar-refractivity contribution in [3.63, 3.8) is 0 Å². The number of hydrogen-bond donors (Lipinski definition) is 0. The standard InChI is InChI=1S/C24H4BF16.C7H8/c26-9-1-5(13(30)21(38)17(9)34)25(6-2-10(27)18(35)22(39)14(6)31,7-3-11(28)19(36)23(40)15(7)32)8-4-12(29)20(37)24(41)16(8)33;1-2-4-6-7-5-3-1/h1-4H;1-6H,7H2/q-1;. The van der Waals surface area contributed by atoms with E-state index in [0.717, 1.165) is 6.42 Å². The molecule has 0 aromatic heterocycles. The van der Waals surface area contributed by atoms with E-state index in [9.17, 15) is 52.7 Å². The summed E-state index contributed by atoms with van der Waals surface area (Å²) in [5, 5.41) is 0. The van der Waals surface area contributed by atoms with Crippen LogP contribution in [0.4, 0.5) is 70.2 Å². The zero-order valence-corrected chi connectivity index (χ0v) is 23.1. The lowest BCUT2D eigenvalue weighted by Crippen LogP contribution is -2.78. The van der Waals surface area contributed by atoms with E-state index in [0.29, 0.717) is 0 Å². The molecule has 1 aliphatic rings. The molecule has 0 heterocycles. The van der Waals surface area contributed by atoms with Crippen molar-refractivity contribution in [2.24, 2.45) is 0 Å². The summed E-state index contributed by atoms with van der Waals surface area (Å²) in [4.78, 5) is 0. The Bertz CT molecular complexity index is 1760. The van der Waals surface area contributed by atoms with Gasteiger partial charge in [-0.1, -0.05) is 60.7 Å². The molecule has 0 saturated heterocycles. The molecule has 0 fully saturated rings. The molecule has 0 bridgehead atoms. The molecule has 17 heteroatoms. The molecule has 0 saturated carbocycles. The highest BCUT2D eigenvalue weighted by Gasteiger charge is 2.45. The molecule has 4 aromatic rings. The summed E-state index contributed by atoms with van der Waals surface area (Å²) in [6.45, 7) is 0. The molecule has 0 amide bonds. The third-order valence-electron chi connectivity index (χ3n) is 7.27. The van der Waals surface area contributed by atoms with Crippen LogP contribution in [0.3, 0.4) is 0 Å². The van der Waals surface area contributed by atoms with Gasteiger partial charge in [-0.3, -0.25) is 0 Å². The van der Waals surface area contributed by atoms with E-state index in [-0.39, 0.29) is 0 Å². The van der Waals surface area contributed by atoms with E-state index < -0.39 is 145 Å². The summed E-state index contributed by atoms with van der Waals surface area (Å²) in [5.41, 5.74) is -9.06. The number of allylic oxidation sites excluding steroid dienone is 6. The van der Waals surface area contributed by atoms with Crippen molar-refractivity contribution >= 4 is 28.0 Å². The third-order valence-corrected chi connectivity index (χ3v) is 7.27. The van der Waals surface area contributed by atoms with Crippen LogP contribution < -0.4 is 21.9 Å². The molecule has 0 atom stereocenters. The lowest BCUT2D eigenvalue weighted by molar-refractivity contribution is 0.408. The Morgan fingerprint density at radius 3 is 0.750 bits per heavy atom. The second kappa shape index (κ2) is 13.6. The normalized spacial score (nSPS) is 12.7. The lowest BCUT2D eigenvalue weighted by atomic mass is 9.12. The summed E-state index contributed by atoms with van der Waals surface area (Å²) < 4.78 is 232. The Morgan fingerprint density at radius 1 is 0.292 bits per heavy atom. The van der Waals surface area contributed by atoms with Gasteiger partial charge in [0.25, 0.3) is 0 Å². The van der Waals surface area contributed by atoms with Crippen molar-refractivity contribution in [1.29, 1.82) is 0 Å². The molecule has 4 aromatic carbocycles. The van der Waals surface area contributed by atoms with Gasteiger partial charge in [0, 0.05) is 0 Å². The molecule has 0 radical (unpaired) electrons. The minimum absolute atomic E-state index is 0.621. The average Bonchev–Trinajstić information content (AvgIpc) is 3.39. The summed E-state index contributed by atoms with van der Waals surface area (Å²) in [6, 6.07) is -2.49. The maximum absolute atomic E-state index is 15.3. The zero-order chi connectivity index (χ0) is 35.8. The quantitative estimate of drug-likeness (QED) is 0.0906. The fraction of sp³-hybridized carbons (Fsp3) is 0.0323. The van der Waals surface area contributed by atoms with Gasteiger partial charge in [0.15, 0.2) is 69.8 Å². The molecule has 0 aliphatic heterocycles. The van der Waals surface area contributed by atoms with Crippen LogP contribution >= 0.6 is 0 Å². The van der Waals surface area contributed by atoms with Crippen molar-refractivity contribution < 1.29 is 70.2 Å². The van der Waals surface area contributed by atoms with E-state index in [1.165, 1.54) is 0 Å². The van der Waals surface area contributed by atoms with Crippen LogP contribution in [0.25, 0.3) is 0 Å². The SMILES string of the molecule is C1=CC=CCC=C1.Fc1cc([B-](c2cc(F)c(F)c(F)c2F)(c2cc(F)c(F)c(F)c2F)c2cc(F)c(F)c(F)c2F)c(F)c(F)c1F. The van der Waals surface area contributed by atoms with Gasteiger partial charge >= 0.3 is 0 Å². The van der Waals surface area contributed by atoms with Gasteiger partial charge in [0.05, 0.1) is 0 Å². The van der Waals surface area contributed by atoms with Crippen molar-refractivity contribution in [2.45, 2.75) is 6.42 Å². The van der Waals surface area contributed by atoms with E-state index in [1.807, 2.05) is 12.2 Å². The van der Waals surface area contributed by atoms with Crippen LogP contribution in [0.1, 0.15) is 6.42 Å². The monoisotopic (exact) mass is 699 g/mol. The van der Waals surface area contributed by atoms with Gasteiger partial charge < -0.3 is 0 Å². The topological polar surface area (TPSA) is 0 Å². The first-order valence-electron chi connectivity index (χ1n) is 13.0. The minimum Gasteiger partial charge on any atom is -0.207 e. The van der Waals surface area contributed by atoms with Crippen molar-refractivity contribution in [1.82, 2.24) is 0 Å². The maximum atomic E-state index is 15.3. The first-order valence-corrected chi connectivity index (χ1v) is 13.0. The van der Waals surface area contributed by atoms with Crippen LogP contribution in [-0.2, 0) is 0 Å². The highest BCUT2D eigenvalue weighted by atomic mass is 19.2. The molecule has 1 aliphatic carbocycles. The van der Waals surface area contributed by atoms with Crippen LogP contribution in [-0.4, -0.2) is 6.15 Å². The van der Waals surface area contributed by atoms with Crippen molar-refractivity contribution in [3.05, 3.63) is 154 Å². The number of hydrogen-bond acceptors (Lipinski definition) is 0. The predicted octanol–water partition coefficient (Wildman–Crippen LogP) is 7.35. The first kappa shape index (κ1) is 35.9. The Morgan fingerprint density at radius 2 is 0.521 bits per heavy atom. The highest BCUT2D eigenvalue weighted by Crippen LogP contribution is 2.26. The minimum atomic E-state index is -5.62. The van der Waals surface area contributed by atoms with Gasteiger partial charge in [-0.05, 0) is 6.42 Å². The number of benzene rings is 4. The van der Waals surface area contributed by atoms with Crippen LogP contribution in [0.2, 0.25) is 0 Å². The maximum Gasteiger partial charge on any atom is 0.197 e. The summed E-state index contributed by atoms with van der Waals surface area (Å²) in [7, 11) is 0. The Hall–Kier alpha value is -4.96. The third kappa shape index (κ3) is 5.85. The van der Waals surface area contributed by atoms with Crippen molar-refractivity contribution in [3.8, 4) is 0 Å². The fourth-order valence-corrected chi connectivity index (χ4v) is 5.15. The van der Waals surface area contributed by atoms with Crippen LogP contribution in [0.15, 0.2) is 60.7 Å². The molecule has 252 valence electrons. The molecule has 48 heavy (non-hydrogen) atoms. The predicted molar refractivity (Wildman–Crippen MR) is 141 cm³/mol. The largest absolute Gasteiger partial charge is 0.207 e. The van der Waals surface area contributed by atoms with Crippen LogP contribution in [0, 0.1) is 93.1 Å². The Kier molecular flexibility index (Phi) is 10.2. The van der Waals surface area contributed by atoms with Gasteiger partial charge in [-0.2, -0.15) is 21.9 Å². The Labute approximate surface area is 258 Å². The summed E-state index contributed by atoms with van der Waals surface area (Å²) in [5.74, 6) is -44.3. The van der Waals surface area contributed by atoms with Gasteiger partial charge in [0.1, 0.15) is 29.4 Å². The van der Waals surface area contributed by atoms with E-state index in [2.05, 4.69) is 24.3 Å². The lowest BCUT2D eigenvalue weighted by Gasteiger charge is -2.44. The fourth-order valence-electron chi connectivity index (χ4n) is 5.15. The first-order chi connectivity index (χ1) is 22.5. The number of halogens is 16. The van der Waals surface area contributed by atoms with Gasteiger partial charge in [0.2, 0.25) is 0 Å².